The summed E-state index contributed by atoms with van der Waals surface area (Å²) in [5.74, 6) is -0.180. The van der Waals surface area contributed by atoms with Gasteiger partial charge in [0.2, 0.25) is 0 Å². The number of carbonyl (C=O) groups is 1. The van der Waals surface area contributed by atoms with E-state index in [9.17, 15) is 4.79 Å². The van der Waals surface area contributed by atoms with E-state index in [4.69, 9.17) is 4.74 Å². The molecule has 3 rings (SSSR count). The van der Waals surface area contributed by atoms with Gasteiger partial charge in [-0.05, 0) is 38.5 Å². The number of carbonyl (C=O) groups excluding carboxylic acids is 1. The molecule has 0 N–H and O–H groups in total. The van der Waals surface area contributed by atoms with Crippen molar-refractivity contribution in [2.45, 2.75) is 44.2 Å². The molecule has 1 aromatic carbocycles. The van der Waals surface area contributed by atoms with Gasteiger partial charge in [-0.15, -0.1) is 0 Å². The second-order valence-corrected chi connectivity index (χ2v) is 6.97. The van der Waals surface area contributed by atoms with Crippen molar-refractivity contribution in [3.05, 3.63) is 35.9 Å². The van der Waals surface area contributed by atoms with Crippen LogP contribution in [0.5, 0.6) is 0 Å². The summed E-state index contributed by atoms with van der Waals surface area (Å²) in [6, 6.07) is 10.6. The third-order valence-electron chi connectivity index (χ3n) is 5.31. The SMILES string of the molecule is CC(=O)OC1(c2ccccc2)CCN(C)CC1N1CCCCC1. The first kappa shape index (κ1) is 16.5. The average molecular weight is 316 g/mol. The van der Waals surface area contributed by atoms with Crippen molar-refractivity contribution in [1.29, 1.82) is 0 Å². The summed E-state index contributed by atoms with van der Waals surface area (Å²) in [7, 11) is 2.17. The fourth-order valence-corrected chi connectivity index (χ4v) is 4.19. The van der Waals surface area contributed by atoms with Crippen LogP contribution in [0.1, 0.15) is 38.2 Å². The second-order valence-electron chi connectivity index (χ2n) is 6.97. The molecule has 2 saturated heterocycles. The second kappa shape index (κ2) is 7.02. The van der Waals surface area contributed by atoms with Gasteiger partial charge in [0.1, 0.15) is 0 Å². The lowest BCUT2D eigenvalue weighted by Crippen LogP contribution is -2.62. The van der Waals surface area contributed by atoms with Crippen LogP contribution in [-0.2, 0) is 15.1 Å². The third-order valence-corrected chi connectivity index (χ3v) is 5.31. The largest absolute Gasteiger partial charge is 0.453 e. The molecule has 0 saturated carbocycles. The maximum atomic E-state index is 11.9. The van der Waals surface area contributed by atoms with Gasteiger partial charge in [0.25, 0.3) is 0 Å². The zero-order chi connectivity index (χ0) is 16.3. The molecule has 2 heterocycles. The van der Waals surface area contributed by atoms with Gasteiger partial charge in [-0.1, -0.05) is 36.8 Å². The van der Waals surface area contributed by atoms with E-state index in [0.717, 1.165) is 38.2 Å². The smallest absolute Gasteiger partial charge is 0.303 e. The Bertz CT molecular complexity index is 527. The molecule has 2 aliphatic rings. The average Bonchev–Trinajstić information content (AvgIpc) is 2.58. The van der Waals surface area contributed by atoms with Crippen LogP contribution >= 0.6 is 0 Å². The summed E-state index contributed by atoms with van der Waals surface area (Å²) in [5, 5.41) is 0. The number of likely N-dealkylation sites (tertiary alicyclic amines) is 2. The van der Waals surface area contributed by atoms with Gasteiger partial charge < -0.3 is 9.64 Å². The number of hydrogen-bond acceptors (Lipinski definition) is 4. The summed E-state index contributed by atoms with van der Waals surface area (Å²) >= 11 is 0. The Kier molecular flexibility index (Phi) is 5.02. The van der Waals surface area contributed by atoms with Crippen LogP contribution < -0.4 is 0 Å². The van der Waals surface area contributed by atoms with Crippen molar-refractivity contribution in [2.24, 2.45) is 0 Å². The standard InChI is InChI=1S/C19H28N2O2/c1-16(22)23-19(17-9-5-3-6-10-17)11-14-20(2)15-18(19)21-12-7-4-8-13-21/h3,5-6,9-10,18H,4,7-8,11-15H2,1-2H3. The van der Waals surface area contributed by atoms with Gasteiger partial charge in [-0.2, -0.15) is 0 Å². The normalized spacial score (nSPS) is 30.1. The topological polar surface area (TPSA) is 32.8 Å². The van der Waals surface area contributed by atoms with E-state index in [1.807, 2.05) is 18.2 Å². The Morgan fingerprint density at radius 1 is 1.13 bits per heavy atom. The summed E-state index contributed by atoms with van der Waals surface area (Å²) in [6.07, 6.45) is 4.65. The van der Waals surface area contributed by atoms with Crippen molar-refractivity contribution in [2.75, 3.05) is 33.2 Å². The molecule has 126 valence electrons. The number of hydrogen-bond donors (Lipinski definition) is 0. The quantitative estimate of drug-likeness (QED) is 0.803. The number of nitrogens with zero attached hydrogens (tertiary/aromatic N) is 2. The van der Waals surface area contributed by atoms with Gasteiger partial charge in [0, 0.05) is 26.4 Å². The molecule has 4 nitrogen and oxygen atoms in total. The van der Waals surface area contributed by atoms with Crippen molar-refractivity contribution >= 4 is 5.97 Å². The predicted octanol–water partition coefficient (Wildman–Crippen LogP) is 2.64. The summed E-state index contributed by atoms with van der Waals surface area (Å²) in [6.45, 7) is 5.65. The molecule has 2 atom stereocenters. The molecule has 0 aliphatic carbocycles. The van der Waals surface area contributed by atoms with E-state index in [0.29, 0.717) is 0 Å². The van der Waals surface area contributed by atoms with E-state index in [2.05, 4.69) is 29.0 Å². The van der Waals surface area contributed by atoms with E-state index in [1.54, 1.807) is 0 Å². The molecule has 4 heteroatoms. The number of likely N-dealkylation sites (N-methyl/N-ethyl adjacent to an activating group) is 1. The van der Waals surface area contributed by atoms with Crippen molar-refractivity contribution in [3.63, 3.8) is 0 Å². The zero-order valence-corrected chi connectivity index (χ0v) is 14.3. The third kappa shape index (κ3) is 3.43. The number of piperidine rings is 2. The molecule has 0 radical (unpaired) electrons. The molecule has 0 aromatic heterocycles. The fourth-order valence-electron chi connectivity index (χ4n) is 4.19. The lowest BCUT2D eigenvalue weighted by Gasteiger charge is -2.51. The monoisotopic (exact) mass is 316 g/mol. The van der Waals surface area contributed by atoms with Gasteiger partial charge in [-0.3, -0.25) is 9.69 Å². The highest BCUT2D eigenvalue weighted by molar-refractivity contribution is 5.67. The minimum absolute atomic E-state index is 0.180. The van der Waals surface area contributed by atoms with Crippen LogP contribution in [0.25, 0.3) is 0 Å². The van der Waals surface area contributed by atoms with Gasteiger partial charge in [-0.25, -0.2) is 0 Å². The van der Waals surface area contributed by atoms with Gasteiger partial charge in [0.15, 0.2) is 5.60 Å². The molecule has 0 spiro atoms. The fraction of sp³-hybridized carbons (Fsp3) is 0.632. The van der Waals surface area contributed by atoms with E-state index in [1.165, 1.54) is 26.2 Å². The predicted molar refractivity (Wildman–Crippen MR) is 91.2 cm³/mol. The summed E-state index contributed by atoms with van der Waals surface area (Å²) in [5.41, 5.74) is 0.621. The first-order valence-corrected chi connectivity index (χ1v) is 8.79. The Labute approximate surface area is 139 Å². The number of benzene rings is 1. The lowest BCUT2D eigenvalue weighted by atomic mass is 9.78. The Morgan fingerprint density at radius 2 is 1.83 bits per heavy atom. The van der Waals surface area contributed by atoms with Crippen molar-refractivity contribution in [1.82, 2.24) is 9.80 Å². The number of rotatable bonds is 3. The molecule has 2 fully saturated rings. The Balaban J connectivity index is 2.00. The van der Waals surface area contributed by atoms with E-state index in [-0.39, 0.29) is 12.0 Å². The van der Waals surface area contributed by atoms with Crippen LogP contribution in [0.3, 0.4) is 0 Å². The van der Waals surface area contributed by atoms with E-state index >= 15 is 0 Å². The number of esters is 1. The molecule has 0 bridgehead atoms. The minimum Gasteiger partial charge on any atom is -0.453 e. The van der Waals surface area contributed by atoms with E-state index < -0.39 is 5.60 Å². The van der Waals surface area contributed by atoms with Crippen LogP contribution in [0, 0.1) is 0 Å². The maximum Gasteiger partial charge on any atom is 0.303 e. The minimum atomic E-state index is -0.517. The first-order chi connectivity index (χ1) is 11.1. The Hall–Kier alpha value is -1.39. The van der Waals surface area contributed by atoms with Crippen molar-refractivity contribution < 1.29 is 9.53 Å². The maximum absolute atomic E-state index is 11.9. The highest BCUT2D eigenvalue weighted by Gasteiger charge is 2.49. The molecule has 1 aromatic rings. The molecule has 23 heavy (non-hydrogen) atoms. The van der Waals surface area contributed by atoms with Gasteiger partial charge >= 0.3 is 5.97 Å². The van der Waals surface area contributed by atoms with Crippen molar-refractivity contribution in [3.8, 4) is 0 Å². The van der Waals surface area contributed by atoms with Crippen LogP contribution in [0.4, 0.5) is 0 Å². The molecule has 2 unspecified atom stereocenters. The highest BCUT2D eigenvalue weighted by atomic mass is 16.6. The Morgan fingerprint density at radius 3 is 2.48 bits per heavy atom. The first-order valence-electron chi connectivity index (χ1n) is 8.79. The summed E-state index contributed by atoms with van der Waals surface area (Å²) < 4.78 is 6.07. The zero-order valence-electron chi connectivity index (χ0n) is 14.3. The van der Waals surface area contributed by atoms with Crippen LogP contribution in [0.2, 0.25) is 0 Å². The molecule has 0 amide bonds. The summed E-state index contributed by atoms with van der Waals surface area (Å²) in [4.78, 5) is 16.9. The lowest BCUT2D eigenvalue weighted by molar-refractivity contribution is -0.177. The highest BCUT2D eigenvalue weighted by Crippen LogP contribution is 2.40. The van der Waals surface area contributed by atoms with Crippen LogP contribution in [0.15, 0.2) is 30.3 Å². The molecular formula is C19H28N2O2. The molecular weight excluding hydrogens is 288 g/mol. The van der Waals surface area contributed by atoms with Gasteiger partial charge in [0.05, 0.1) is 6.04 Å². The molecule has 2 aliphatic heterocycles. The number of ether oxygens (including phenoxy) is 1. The van der Waals surface area contributed by atoms with Crippen LogP contribution in [-0.4, -0.2) is 55.0 Å².